The summed E-state index contributed by atoms with van der Waals surface area (Å²) in [6.07, 6.45) is -0.0702. The Balaban J connectivity index is 2.31. The number of hydrogen-bond donors (Lipinski definition) is 2. The molecule has 1 fully saturated rings. The average Bonchev–Trinajstić information content (AvgIpc) is 2.63. The Kier molecular flexibility index (Phi) is 5.01. The molecule has 0 bridgehead atoms. The first-order valence-corrected chi connectivity index (χ1v) is 5.39. The van der Waals surface area contributed by atoms with E-state index in [1.54, 1.807) is 11.9 Å². The number of carbonyl (C=O) groups is 1. The molecular formula is C10H20N2O3. The van der Waals surface area contributed by atoms with E-state index >= 15 is 0 Å². The molecule has 88 valence electrons. The summed E-state index contributed by atoms with van der Waals surface area (Å²) in [5, 5.41) is 12.6. The first-order valence-electron chi connectivity index (χ1n) is 5.39. The molecule has 0 aromatic rings. The average molecular weight is 216 g/mol. The van der Waals surface area contributed by atoms with Crippen LogP contribution in [0.4, 0.5) is 0 Å². The van der Waals surface area contributed by atoms with Crippen LogP contribution in [0.2, 0.25) is 0 Å². The number of hydrogen-bond acceptors (Lipinski definition) is 4. The van der Waals surface area contributed by atoms with Gasteiger partial charge < -0.3 is 20.1 Å². The van der Waals surface area contributed by atoms with Crippen LogP contribution in [0.3, 0.4) is 0 Å². The van der Waals surface area contributed by atoms with Gasteiger partial charge in [0.2, 0.25) is 5.91 Å². The van der Waals surface area contributed by atoms with Gasteiger partial charge in [0.15, 0.2) is 0 Å². The highest BCUT2D eigenvalue weighted by molar-refractivity contribution is 5.76. The van der Waals surface area contributed by atoms with E-state index in [1.165, 1.54) is 0 Å². The van der Waals surface area contributed by atoms with Gasteiger partial charge in [0.1, 0.15) is 0 Å². The molecule has 5 nitrogen and oxygen atoms in total. The summed E-state index contributed by atoms with van der Waals surface area (Å²) >= 11 is 0. The zero-order valence-electron chi connectivity index (χ0n) is 9.40. The summed E-state index contributed by atoms with van der Waals surface area (Å²) in [5.74, 6) is 0.0243. The van der Waals surface area contributed by atoms with Gasteiger partial charge in [-0.15, -0.1) is 0 Å². The highest BCUT2D eigenvalue weighted by Crippen LogP contribution is 2.08. The number of aliphatic hydroxyl groups is 1. The van der Waals surface area contributed by atoms with Crippen molar-refractivity contribution in [2.24, 2.45) is 0 Å². The lowest BCUT2D eigenvalue weighted by Gasteiger charge is -2.26. The molecule has 1 aliphatic rings. The molecule has 1 rings (SSSR count). The van der Waals surface area contributed by atoms with E-state index in [9.17, 15) is 9.90 Å². The number of likely N-dealkylation sites (N-methyl/N-ethyl adjacent to an activating group) is 1. The van der Waals surface area contributed by atoms with Gasteiger partial charge in [0.05, 0.1) is 25.2 Å². The lowest BCUT2D eigenvalue weighted by molar-refractivity contribution is -0.134. The van der Waals surface area contributed by atoms with Gasteiger partial charge in [0.25, 0.3) is 0 Å². The molecule has 2 atom stereocenters. The minimum Gasteiger partial charge on any atom is -0.390 e. The lowest BCUT2D eigenvalue weighted by atomic mass is 10.2. The van der Waals surface area contributed by atoms with Gasteiger partial charge >= 0.3 is 0 Å². The predicted octanol–water partition coefficient (Wildman–Crippen LogP) is -0.796. The molecule has 15 heavy (non-hydrogen) atoms. The lowest BCUT2D eigenvalue weighted by Crippen LogP contribution is -2.44. The fraction of sp³-hybridized carbons (Fsp3) is 0.900. The van der Waals surface area contributed by atoms with Crippen molar-refractivity contribution in [3.8, 4) is 0 Å². The fourth-order valence-corrected chi connectivity index (χ4v) is 1.71. The third-order valence-corrected chi connectivity index (χ3v) is 2.71. The molecule has 1 saturated heterocycles. The number of rotatable bonds is 5. The van der Waals surface area contributed by atoms with Crippen LogP contribution in [0.5, 0.6) is 0 Å². The zero-order valence-corrected chi connectivity index (χ0v) is 9.40. The van der Waals surface area contributed by atoms with Crippen LogP contribution in [0.1, 0.15) is 13.3 Å². The van der Waals surface area contributed by atoms with Crippen LogP contribution in [0.15, 0.2) is 0 Å². The highest BCUT2D eigenvalue weighted by Gasteiger charge is 2.30. The molecule has 1 amide bonds. The Bertz CT molecular complexity index is 211. The number of ether oxygens (including phenoxy) is 1. The van der Waals surface area contributed by atoms with Crippen molar-refractivity contribution in [1.29, 1.82) is 0 Å². The molecular weight excluding hydrogens is 196 g/mol. The van der Waals surface area contributed by atoms with Gasteiger partial charge in [-0.05, 0) is 6.92 Å². The van der Waals surface area contributed by atoms with Crippen molar-refractivity contribution in [1.82, 2.24) is 10.2 Å². The molecule has 1 aliphatic heterocycles. The van der Waals surface area contributed by atoms with E-state index in [1.807, 2.05) is 6.92 Å². The number of carbonyl (C=O) groups excluding carboxylic acids is 1. The summed E-state index contributed by atoms with van der Waals surface area (Å²) < 4.78 is 5.12. The number of nitrogens with one attached hydrogen (secondary N) is 1. The number of amides is 1. The number of aliphatic hydroxyl groups excluding tert-OH is 1. The molecule has 1 heterocycles. The van der Waals surface area contributed by atoms with Gasteiger partial charge in [-0.1, -0.05) is 0 Å². The standard InChI is InChI=1S/C10H20N2O3/c1-3-15-5-4-10(14)12(2)8-6-11-7-9(8)13/h8-9,11,13H,3-7H2,1-2H3/t8-,9-/m0/s1. The van der Waals surface area contributed by atoms with Crippen LogP contribution >= 0.6 is 0 Å². The molecule has 5 heteroatoms. The molecule has 2 N–H and O–H groups in total. The maximum atomic E-state index is 11.7. The monoisotopic (exact) mass is 216 g/mol. The van der Waals surface area contributed by atoms with Crippen LogP contribution < -0.4 is 5.32 Å². The molecule has 0 aromatic carbocycles. The third kappa shape index (κ3) is 3.44. The van der Waals surface area contributed by atoms with Crippen molar-refractivity contribution in [3.05, 3.63) is 0 Å². The van der Waals surface area contributed by atoms with E-state index in [2.05, 4.69) is 5.32 Å². The second kappa shape index (κ2) is 6.05. The zero-order chi connectivity index (χ0) is 11.3. The molecule has 0 aliphatic carbocycles. The second-order valence-electron chi connectivity index (χ2n) is 3.74. The van der Waals surface area contributed by atoms with Gasteiger partial charge in [-0.2, -0.15) is 0 Å². The summed E-state index contributed by atoms with van der Waals surface area (Å²) in [4.78, 5) is 13.3. The molecule has 0 unspecified atom stereocenters. The van der Waals surface area contributed by atoms with Crippen LogP contribution in [-0.4, -0.2) is 61.4 Å². The fourth-order valence-electron chi connectivity index (χ4n) is 1.71. The maximum Gasteiger partial charge on any atom is 0.225 e. The molecule has 0 radical (unpaired) electrons. The minimum atomic E-state index is -0.453. The number of β-amino-alcohol motifs (C(OH)–C–C–N with tert-alkyl or cyclic N) is 1. The molecule has 0 spiro atoms. The Morgan fingerprint density at radius 3 is 2.87 bits per heavy atom. The Labute approximate surface area is 90.4 Å². The van der Waals surface area contributed by atoms with Crippen LogP contribution in [0, 0.1) is 0 Å². The quantitative estimate of drug-likeness (QED) is 0.591. The van der Waals surface area contributed by atoms with Crippen molar-refractivity contribution < 1.29 is 14.6 Å². The van der Waals surface area contributed by atoms with E-state index in [0.717, 1.165) is 0 Å². The largest absolute Gasteiger partial charge is 0.390 e. The first kappa shape index (κ1) is 12.4. The normalized spacial score (nSPS) is 25.5. The Morgan fingerprint density at radius 2 is 2.33 bits per heavy atom. The van der Waals surface area contributed by atoms with E-state index < -0.39 is 6.10 Å². The Morgan fingerprint density at radius 1 is 1.60 bits per heavy atom. The molecule has 0 saturated carbocycles. The van der Waals surface area contributed by atoms with Gasteiger partial charge in [-0.3, -0.25) is 4.79 Å². The first-order chi connectivity index (χ1) is 7.16. The highest BCUT2D eigenvalue weighted by atomic mass is 16.5. The summed E-state index contributed by atoms with van der Waals surface area (Å²) in [5.41, 5.74) is 0. The molecule has 0 aromatic heterocycles. The van der Waals surface area contributed by atoms with Crippen molar-refractivity contribution in [2.75, 3.05) is 33.4 Å². The van der Waals surface area contributed by atoms with Crippen molar-refractivity contribution >= 4 is 5.91 Å². The summed E-state index contributed by atoms with van der Waals surface area (Å²) in [6, 6.07) is -0.0980. The van der Waals surface area contributed by atoms with Gasteiger partial charge in [-0.25, -0.2) is 0 Å². The minimum absolute atomic E-state index is 0.0243. The second-order valence-corrected chi connectivity index (χ2v) is 3.74. The van der Waals surface area contributed by atoms with E-state index in [4.69, 9.17) is 4.74 Å². The predicted molar refractivity (Wildman–Crippen MR) is 56.5 cm³/mol. The summed E-state index contributed by atoms with van der Waals surface area (Å²) in [7, 11) is 1.73. The topological polar surface area (TPSA) is 61.8 Å². The Hall–Kier alpha value is -0.650. The van der Waals surface area contributed by atoms with E-state index in [0.29, 0.717) is 32.7 Å². The van der Waals surface area contributed by atoms with E-state index in [-0.39, 0.29) is 11.9 Å². The third-order valence-electron chi connectivity index (χ3n) is 2.71. The van der Waals surface area contributed by atoms with Crippen LogP contribution in [-0.2, 0) is 9.53 Å². The van der Waals surface area contributed by atoms with Crippen molar-refractivity contribution in [3.63, 3.8) is 0 Å². The summed E-state index contributed by atoms with van der Waals surface area (Å²) in [6.45, 7) is 4.21. The maximum absolute atomic E-state index is 11.7. The van der Waals surface area contributed by atoms with Gasteiger partial charge in [0, 0.05) is 26.7 Å². The van der Waals surface area contributed by atoms with Crippen molar-refractivity contribution in [2.45, 2.75) is 25.5 Å². The number of nitrogens with zero attached hydrogens (tertiary/aromatic N) is 1. The van der Waals surface area contributed by atoms with Crippen LogP contribution in [0.25, 0.3) is 0 Å². The smallest absolute Gasteiger partial charge is 0.225 e. The SMILES string of the molecule is CCOCCC(=O)N(C)[C@H]1CNC[C@@H]1O.